The van der Waals surface area contributed by atoms with E-state index in [0.29, 0.717) is 18.8 Å². The molecule has 0 aromatic carbocycles. The van der Waals surface area contributed by atoms with Gasteiger partial charge in [-0.15, -0.1) is 0 Å². The largest absolute Gasteiger partial charge is 0.467 e. The van der Waals surface area contributed by atoms with Crippen molar-refractivity contribution in [2.45, 2.75) is 18.9 Å². The zero-order chi connectivity index (χ0) is 8.81. The third-order valence-electron chi connectivity index (χ3n) is 1.70. The summed E-state index contributed by atoms with van der Waals surface area (Å²) in [7, 11) is 1.65. The lowest BCUT2D eigenvalue weighted by molar-refractivity contribution is 0.118. The maximum Gasteiger partial charge on any atom is 0.132 e. The summed E-state index contributed by atoms with van der Waals surface area (Å²) >= 11 is 0. The van der Waals surface area contributed by atoms with E-state index in [1.54, 1.807) is 25.5 Å². The van der Waals surface area contributed by atoms with E-state index in [-0.39, 0.29) is 0 Å². The van der Waals surface area contributed by atoms with Crippen LogP contribution >= 0.6 is 0 Å². The maximum absolute atomic E-state index is 9.49. The number of rotatable bonds is 5. The first-order valence-electron chi connectivity index (χ1n) is 4.05. The Bertz CT molecular complexity index is 194. The molecule has 0 spiro atoms. The van der Waals surface area contributed by atoms with Gasteiger partial charge in [-0.1, -0.05) is 0 Å². The average molecular weight is 170 g/mol. The van der Waals surface area contributed by atoms with Crippen LogP contribution in [0.15, 0.2) is 22.8 Å². The number of methoxy groups -OCH3 is 1. The Hall–Kier alpha value is -0.800. The predicted octanol–water partition coefficient (Wildman–Crippen LogP) is 1.74. The van der Waals surface area contributed by atoms with Crippen molar-refractivity contribution in [3.05, 3.63) is 24.2 Å². The quantitative estimate of drug-likeness (QED) is 0.684. The first-order valence-corrected chi connectivity index (χ1v) is 4.05. The summed E-state index contributed by atoms with van der Waals surface area (Å²) in [5.41, 5.74) is 0. The molecule has 1 atom stereocenters. The first-order chi connectivity index (χ1) is 5.84. The SMILES string of the molecule is COCCCC(O)c1ccco1. The van der Waals surface area contributed by atoms with Crippen molar-refractivity contribution in [3.63, 3.8) is 0 Å². The molecule has 3 heteroatoms. The number of ether oxygens (including phenoxy) is 1. The van der Waals surface area contributed by atoms with E-state index in [0.717, 1.165) is 6.42 Å². The molecule has 0 amide bonds. The van der Waals surface area contributed by atoms with Crippen molar-refractivity contribution in [2.24, 2.45) is 0 Å². The van der Waals surface area contributed by atoms with Crippen molar-refractivity contribution in [1.82, 2.24) is 0 Å². The van der Waals surface area contributed by atoms with Gasteiger partial charge in [-0.3, -0.25) is 0 Å². The Morgan fingerprint density at radius 1 is 1.67 bits per heavy atom. The lowest BCUT2D eigenvalue weighted by Gasteiger charge is -2.05. The predicted molar refractivity (Wildman–Crippen MR) is 44.8 cm³/mol. The van der Waals surface area contributed by atoms with Crippen LogP contribution in [0.5, 0.6) is 0 Å². The molecule has 1 N–H and O–H groups in total. The van der Waals surface area contributed by atoms with Gasteiger partial charge in [0.1, 0.15) is 11.9 Å². The van der Waals surface area contributed by atoms with E-state index in [1.165, 1.54) is 0 Å². The molecule has 12 heavy (non-hydrogen) atoms. The summed E-state index contributed by atoms with van der Waals surface area (Å²) in [6.45, 7) is 0.678. The third kappa shape index (κ3) is 2.68. The molecule has 0 fully saturated rings. The van der Waals surface area contributed by atoms with Gasteiger partial charge in [0.2, 0.25) is 0 Å². The molecule has 0 saturated carbocycles. The van der Waals surface area contributed by atoms with Crippen LogP contribution in [0.1, 0.15) is 24.7 Å². The highest BCUT2D eigenvalue weighted by Crippen LogP contribution is 2.17. The van der Waals surface area contributed by atoms with E-state index in [2.05, 4.69) is 0 Å². The van der Waals surface area contributed by atoms with E-state index >= 15 is 0 Å². The van der Waals surface area contributed by atoms with Crippen molar-refractivity contribution in [2.75, 3.05) is 13.7 Å². The Kier molecular flexibility index (Phi) is 3.84. The third-order valence-corrected chi connectivity index (χ3v) is 1.70. The highest BCUT2D eigenvalue weighted by molar-refractivity contribution is 5.01. The van der Waals surface area contributed by atoms with Gasteiger partial charge in [-0.05, 0) is 25.0 Å². The minimum atomic E-state index is -0.491. The number of aliphatic hydroxyl groups is 1. The van der Waals surface area contributed by atoms with Gasteiger partial charge in [0.05, 0.1) is 6.26 Å². The second-order valence-electron chi connectivity index (χ2n) is 2.67. The van der Waals surface area contributed by atoms with Gasteiger partial charge >= 0.3 is 0 Å². The lowest BCUT2D eigenvalue weighted by atomic mass is 10.1. The number of hydrogen-bond acceptors (Lipinski definition) is 3. The highest BCUT2D eigenvalue weighted by Gasteiger charge is 2.08. The van der Waals surface area contributed by atoms with Crippen LogP contribution in [0.2, 0.25) is 0 Å². The summed E-state index contributed by atoms with van der Waals surface area (Å²) < 4.78 is 9.90. The van der Waals surface area contributed by atoms with Gasteiger partial charge in [0, 0.05) is 13.7 Å². The van der Waals surface area contributed by atoms with Crippen molar-refractivity contribution < 1.29 is 14.3 Å². The molecule has 1 rings (SSSR count). The van der Waals surface area contributed by atoms with Crippen LogP contribution in [-0.4, -0.2) is 18.8 Å². The average Bonchev–Trinajstić information content (AvgIpc) is 2.56. The molecule has 0 aliphatic rings. The topological polar surface area (TPSA) is 42.6 Å². The van der Waals surface area contributed by atoms with E-state index < -0.39 is 6.10 Å². The smallest absolute Gasteiger partial charge is 0.132 e. The molecule has 68 valence electrons. The highest BCUT2D eigenvalue weighted by atomic mass is 16.5. The molecule has 0 bridgehead atoms. The minimum Gasteiger partial charge on any atom is -0.467 e. The molecular formula is C9H14O3. The van der Waals surface area contributed by atoms with Crippen LogP contribution in [0.4, 0.5) is 0 Å². The Morgan fingerprint density at radius 3 is 3.08 bits per heavy atom. The molecule has 1 aromatic heterocycles. The number of hydrogen-bond donors (Lipinski definition) is 1. The van der Waals surface area contributed by atoms with Crippen molar-refractivity contribution in [3.8, 4) is 0 Å². The molecule has 0 saturated heterocycles. The van der Waals surface area contributed by atoms with Gasteiger partial charge in [-0.25, -0.2) is 0 Å². The maximum atomic E-state index is 9.49. The van der Waals surface area contributed by atoms with Gasteiger partial charge < -0.3 is 14.3 Å². The van der Waals surface area contributed by atoms with Crippen molar-refractivity contribution in [1.29, 1.82) is 0 Å². The van der Waals surface area contributed by atoms with Gasteiger partial charge in [0.15, 0.2) is 0 Å². The van der Waals surface area contributed by atoms with E-state index in [4.69, 9.17) is 9.15 Å². The monoisotopic (exact) mass is 170 g/mol. The van der Waals surface area contributed by atoms with Crippen LogP contribution < -0.4 is 0 Å². The van der Waals surface area contributed by atoms with Crippen LogP contribution in [-0.2, 0) is 4.74 Å². The fraction of sp³-hybridized carbons (Fsp3) is 0.556. The molecule has 0 aliphatic heterocycles. The molecule has 1 unspecified atom stereocenters. The summed E-state index contributed by atoms with van der Waals surface area (Å²) in [4.78, 5) is 0. The molecule has 3 nitrogen and oxygen atoms in total. The standard InChI is InChI=1S/C9H14O3/c1-11-6-2-4-8(10)9-5-3-7-12-9/h3,5,7-8,10H,2,4,6H2,1H3. The molecular weight excluding hydrogens is 156 g/mol. The lowest BCUT2D eigenvalue weighted by Crippen LogP contribution is -1.98. The second-order valence-corrected chi connectivity index (χ2v) is 2.67. The summed E-state index contributed by atoms with van der Waals surface area (Å²) in [5, 5.41) is 9.49. The first kappa shape index (κ1) is 9.29. The Labute approximate surface area is 72.0 Å². The van der Waals surface area contributed by atoms with E-state index in [1.807, 2.05) is 0 Å². The normalized spacial score (nSPS) is 13.2. The Morgan fingerprint density at radius 2 is 2.50 bits per heavy atom. The van der Waals surface area contributed by atoms with Gasteiger partial charge in [-0.2, -0.15) is 0 Å². The Balaban J connectivity index is 2.25. The fourth-order valence-electron chi connectivity index (χ4n) is 1.04. The molecule has 1 aromatic rings. The number of aliphatic hydroxyl groups excluding tert-OH is 1. The summed E-state index contributed by atoms with van der Waals surface area (Å²) in [6.07, 6.45) is 2.60. The minimum absolute atomic E-state index is 0.491. The van der Waals surface area contributed by atoms with Crippen molar-refractivity contribution >= 4 is 0 Å². The summed E-state index contributed by atoms with van der Waals surface area (Å²) in [5.74, 6) is 0.631. The second kappa shape index (κ2) is 4.95. The number of furan rings is 1. The van der Waals surface area contributed by atoms with Crippen LogP contribution in [0.3, 0.4) is 0 Å². The molecule has 0 radical (unpaired) electrons. The molecule has 0 aliphatic carbocycles. The zero-order valence-corrected chi connectivity index (χ0v) is 7.19. The van der Waals surface area contributed by atoms with Crippen LogP contribution in [0.25, 0.3) is 0 Å². The zero-order valence-electron chi connectivity index (χ0n) is 7.19. The van der Waals surface area contributed by atoms with E-state index in [9.17, 15) is 5.11 Å². The van der Waals surface area contributed by atoms with Gasteiger partial charge in [0.25, 0.3) is 0 Å². The molecule has 1 heterocycles. The fourth-order valence-corrected chi connectivity index (χ4v) is 1.04. The van der Waals surface area contributed by atoms with Crippen LogP contribution in [0, 0.1) is 0 Å². The summed E-state index contributed by atoms with van der Waals surface area (Å²) in [6, 6.07) is 3.55.